The van der Waals surface area contributed by atoms with Gasteiger partial charge in [0.05, 0.1) is 0 Å². The number of carboxylic acid groups (broad SMARTS) is 1. The largest absolute Gasteiger partial charge is 0.479 e. The molecule has 0 aromatic heterocycles. The van der Waals surface area contributed by atoms with Gasteiger partial charge in [-0.2, -0.15) is 0 Å². The van der Waals surface area contributed by atoms with Crippen LogP contribution in [0.15, 0.2) is 24.3 Å². The van der Waals surface area contributed by atoms with E-state index < -0.39 is 12.1 Å². The number of aliphatic carboxylic acids is 1. The molecule has 3 heteroatoms. The Morgan fingerprint density at radius 3 is 2.77 bits per heavy atom. The summed E-state index contributed by atoms with van der Waals surface area (Å²) in [6.07, 6.45) is -0.577. The first-order valence-electron chi connectivity index (χ1n) is 4.15. The molecule has 1 aromatic carbocycles. The number of aliphatic hydroxyl groups excluding tert-OH is 1. The average Bonchev–Trinajstić information content (AvgIpc) is 2.16. The molecule has 2 N–H and O–H groups in total. The van der Waals surface area contributed by atoms with Crippen LogP contribution in [-0.2, 0) is 11.2 Å². The summed E-state index contributed by atoms with van der Waals surface area (Å²) in [6.45, 7) is 1.98. The molecule has 0 heterocycles. The highest BCUT2D eigenvalue weighted by molar-refractivity contribution is 5.74. The Morgan fingerprint density at radius 2 is 2.23 bits per heavy atom. The molecule has 3 nitrogen and oxygen atoms in total. The second-order valence-corrected chi connectivity index (χ2v) is 2.84. The number of hydrogen-bond acceptors (Lipinski definition) is 2. The number of carbonyl (C=O) groups is 1. The molecule has 1 atom stereocenters. The quantitative estimate of drug-likeness (QED) is 0.738. The van der Waals surface area contributed by atoms with E-state index in [0.717, 1.165) is 12.0 Å². The summed E-state index contributed by atoms with van der Waals surface area (Å²) in [5, 5.41) is 17.8. The predicted octanol–water partition coefficient (Wildman–Crippen LogP) is 1.37. The first kappa shape index (κ1) is 9.74. The lowest BCUT2D eigenvalue weighted by atomic mass is 10.0. The Hall–Kier alpha value is -1.35. The van der Waals surface area contributed by atoms with Gasteiger partial charge in [-0.15, -0.1) is 0 Å². The van der Waals surface area contributed by atoms with E-state index in [-0.39, 0.29) is 0 Å². The summed E-state index contributed by atoms with van der Waals surface area (Å²) in [5.41, 5.74) is 1.46. The maximum absolute atomic E-state index is 10.4. The van der Waals surface area contributed by atoms with Crippen molar-refractivity contribution in [2.45, 2.75) is 19.4 Å². The molecule has 0 saturated heterocycles. The van der Waals surface area contributed by atoms with Gasteiger partial charge in [-0.1, -0.05) is 31.2 Å². The summed E-state index contributed by atoms with van der Waals surface area (Å²) in [5.74, 6) is -1.21. The molecule has 0 amide bonds. The molecule has 1 rings (SSSR count). The molecule has 0 spiro atoms. The van der Waals surface area contributed by atoms with Crippen molar-refractivity contribution in [3.05, 3.63) is 35.4 Å². The van der Waals surface area contributed by atoms with E-state index in [2.05, 4.69) is 0 Å². The molecular weight excluding hydrogens is 168 g/mol. The molecule has 0 aliphatic carbocycles. The zero-order valence-electron chi connectivity index (χ0n) is 7.40. The van der Waals surface area contributed by atoms with Crippen molar-refractivity contribution in [3.8, 4) is 0 Å². The Labute approximate surface area is 76.6 Å². The predicted molar refractivity (Wildman–Crippen MR) is 48.4 cm³/mol. The molecule has 0 radical (unpaired) electrons. The maximum atomic E-state index is 10.4. The highest BCUT2D eigenvalue weighted by atomic mass is 16.4. The highest BCUT2D eigenvalue weighted by Crippen LogP contribution is 2.14. The van der Waals surface area contributed by atoms with Crippen LogP contribution < -0.4 is 0 Å². The van der Waals surface area contributed by atoms with E-state index in [1.165, 1.54) is 0 Å². The van der Waals surface area contributed by atoms with Gasteiger partial charge in [0.2, 0.25) is 0 Å². The Balaban J connectivity index is 2.94. The number of aryl methyl sites for hydroxylation is 1. The van der Waals surface area contributed by atoms with Crippen molar-refractivity contribution >= 4 is 5.97 Å². The fourth-order valence-electron chi connectivity index (χ4n) is 1.13. The zero-order valence-corrected chi connectivity index (χ0v) is 7.40. The number of benzene rings is 1. The minimum Gasteiger partial charge on any atom is -0.479 e. The van der Waals surface area contributed by atoms with Crippen LogP contribution in [0.3, 0.4) is 0 Å². The second-order valence-electron chi connectivity index (χ2n) is 2.84. The summed E-state index contributed by atoms with van der Waals surface area (Å²) in [6, 6.07) is 6.97. The van der Waals surface area contributed by atoms with E-state index in [1.807, 2.05) is 13.0 Å². The standard InChI is InChI=1S/C10H12O3/c1-2-7-4-3-5-8(6-7)9(11)10(12)13/h3-6,9,11H,2H2,1H3,(H,12,13)/t9-/m1/s1. The van der Waals surface area contributed by atoms with Gasteiger partial charge in [-0.25, -0.2) is 4.79 Å². The first-order valence-corrected chi connectivity index (χ1v) is 4.15. The van der Waals surface area contributed by atoms with Gasteiger partial charge in [0.15, 0.2) is 6.10 Å². The van der Waals surface area contributed by atoms with Crippen molar-refractivity contribution in [1.29, 1.82) is 0 Å². The van der Waals surface area contributed by atoms with Crippen molar-refractivity contribution in [3.63, 3.8) is 0 Å². The topological polar surface area (TPSA) is 57.5 Å². The van der Waals surface area contributed by atoms with Gasteiger partial charge >= 0.3 is 5.97 Å². The lowest BCUT2D eigenvalue weighted by Crippen LogP contribution is -2.10. The minimum atomic E-state index is -1.41. The van der Waals surface area contributed by atoms with Gasteiger partial charge in [0.25, 0.3) is 0 Å². The monoisotopic (exact) mass is 180 g/mol. The third-order valence-corrected chi connectivity index (χ3v) is 1.91. The molecule has 0 unspecified atom stereocenters. The van der Waals surface area contributed by atoms with Gasteiger partial charge in [0.1, 0.15) is 0 Å². The summed E-state index contributed by atoms with van der Waals surface area (Å²) >= 11 is 0. The zero-order chi connectivity index (χ0) is 9.84. The van der Waals surface area contributed by atoms with Crippen LogP contribution in [-0.4, -0.2) is 16.2 Å². The fourth-order valence-corrected chi connectivity index (χ4v) is 1.13. The van der Waals surface area contributed by atoms with Crippen molar-refractivity contribution in [1.82, 2.24) is 0 Å². The van der Waals surface area contributed by atoms with Crippen LogP contribution >= 0.6 is 0 Å². The van der Waals surface area contributed by atoms with Crippen LogP contribution in [0.1, 0.15) is 24.2 Å². The Morgan fingerprint density at radius 1 is 1.54 bits per heavy atom. The molecule has 0 aliphatic heterocycles. The molecule has 13 heavy (non-hydrogen) atoms. The van der Waals surface area contributed by atoms with E-state index in [9.17, 15) is 9.90 Å². The summed E-state index contributed by atoms with van der Waals surface area (Å²) < 4.78 is 0. The van der Waals surface area contributed by atoms with Crippen molar-refractivity contribution in [2.75, 3.05) is 0 Å². The number of aliphatic hydroxyl groups is 1. The van der Waals surface area contributed by atoms with E-state index >= 15 is 0 Å². The van der Waals surface area contributed by atoms with Crippen molar-refractivity contribution in [2.24, 2.45) is 0 Å². The molecule has 70 valence electrons. The van der Waals surface area contributed by atoms with Crippen LogP contribution in [0.2, 0.25) is 0 Å². The first-order chi connectivity index (χ1) is 6.15. The van der Waals surface area contributed by atoms with Crippen LogP contribution in [0.25, 0.3) is 0 Å². The van der Waals surface area contributed by atoms with Crippen LogP contribution in [0.4, 0.5) is 0 Å². The minimum absolute atomic E-state index is 0.437. The fraction of sp³-hybridized carbons (Fsp3) is 0.300. The van der Waals surface area contributed by atoms with E-state index in [1.54, 1.807) is 18.2 Å². The van der Waals surface area contributed by atoms with Gasteiger partial charge in [-0.05, 0) is 17.5 Å². The number of rotatable bonds is 3. The van der Waals surface area contributed by atoms with Gasteiger partial charge < -0.3 is 10.2 Å². The molecular formula is C10H12O3. The lowest BCUT2D eigenvalue weighted by Gasteiger charge is -2.06. The van der Waals surface area contributed by atoms with Crippen LogP contribution in [0.5, 0.6) is 0 Å². The SMILES string of the molecule is CCc1cccc([C@@H](O)C(=O)O)c1. The third kappa shape index (κ3) is 2.29. The van der Waals surface area contributed by atoms with Gasteiger partial charge in [0, 0.05) is 0 Å². The van der Waals surface area contributed by atoms with Crippen LogP contribution in [0, 0.1) is 0 Å². The third-order valence-electron chi connectivity index (χ3n) is 1.91. The normalized spacial score (nSPS) is 12.5. The summed E-state index contributed by atoms with van der Waals surface area (Å²) in [7, 11) is 0. The lowest BCUT2D eigenvalue weighted by molar-refractivity contribution is -0.146. The number of carboxylic acids is 1. The van der Waals surface area contributed by atoms with E-state index in [4.69, 9.17) is 5.11 Å². The molecule has 0 bridgehead atoms. The highest BCUT2D eigenvalue weighted by Gasteiger charge is 2.15. The maximum Gasteiger partial charge on any atom is 0.337 e. The van der Waals surface area contributed by atoms with Gasteiger partial charge in [-0.3, -0.25) is 0 Å². The molecule has 0 saturated carbocycles. The smallest absolute Gasteiger partial charge is 0.337 e. The molecule has 0 fully saturated rings. The van der Waals surface area contributed by atoms with Crippen molar-refractivity contribution < 1.29 is 15.0 Å². The average molecular weight is 180 g/mol. The Bertz CT molecular complexity index is 307. The Kier molecular flexibility index (Phi) is 3.03. The number of hydrogen-bond donors (Lipinski definition) is 2. The van der Waals surface area contributed by atoms with E-state index in [0.29, 0.717) is 5.56 Å². The molecule has 0 aliphatic rings. The molecule has 1 aromatic rings. The second kappa shape index (κ2) is 4.05. The summed E-state index contributed by atoms with van der Waals surface area (Å²) in [4.78, 5) is 10.4.